The highest BCUT2D eigenvalue weighted by Gasteiger charge is 2.32. The predicted octanol–water partition coefficient (Wildman–Crippen LogP) is 1.42. The van der Waals surface area contributed by atoms with Gasteiger partial charge < -0.3 is 23.8 Å². The van der Waals surface area contributed by atoms with E-state index < -0.39 is 0 Å². The van der Waals surface area contributed by atoms with E-state index in [0.29, 0.717) is 6.54 Å². The molecule has 12 heavy (non-hydrogen) atoms. The molecule has 0 radical (unpaired) electrons. The Balaban J connectivity index is -0.000000405. The molecule has 0 amide bonds. The first-order valence-corrected chi connectivity index (χ1v) is 3.80. The topological polar surface area (TPSA) is 122 Å². The number of hydrogen-bond donors (Lipinski definition) is 4. The van der Waals surface area contributed by atoms with Crippen molar-refractivity contribution in [2.24, 2.45) is 16.9 Å². The molecule has 78 valence electrons. The summed E-state index contributed by atoms with van der Waals surface area (Å²) in [5.74, 6) is 0. The van der Waals surface area contributed by atoms with Gasteiger partial charge in [-0.1, -0.05) is 13.8 Å². The molecule has 0 fully saturated rings. The normalized spacial score (nSPS) is 11.5. The summed E-state index contributed by atoms with van der Waals surface area (Å²) < 4.78 is 0. The average Bonchev–Trinajstić information content (AvgIpc) is 1.61. The van der Waals surface area contributed by atoms with E-state index in [1.54, 1.807) is 0 Å². The summed E-state index contributed by atoms with van der Waals surface area (Å²) in [6.07, 6.45) is 0.983. The molecule has 0 spiro atoms. The molecule has 0 saturated heterocycles. The fraction of sp³-hybridized carbons (Fsp3) is 1.00. The second kappa shape index (κ2) is 5.48. The van der Waals surface area contributed by atoms with Crippen LogP contribution in [-0.2, 0) is 0 Å². The number of rotatable bonds is 3. The molecule has 0 aliphatic heterocycles. The van der Waals surface area contributed by atoms with E-state index in [4.69, 9.17) is 11.5 Å². The minimum atomic E-state index is -0.133. The van der Waals surface area contributed by atoms with Crippen LogP contribution in [-0.4, -0.2) is 12.1 Å². The smallest absolute Gasteiger partial charge is 0.0149 e. The molecule has 0 heterocycles. The molecule has 0 aromatic heterocycles. The summed E-state index contributed by atoms with van der Waals surface area (Å²) in [5.41, 5.74) is 11.4. The zero-order chi connectivity index (χ0) is 8.41. The van der Waals surface area contributed by atoms with Gasteiger partial charge in [0, 0.05) is 5.54 Å². The lowest BCUT2D eigenvalue weighted by molar-refractivity contribution is 0.190. The van der Waals surface area contributed by atoms with E-state index in [-0.39, 0.29) is 23.3 Å². The van der Waals surface area contributed by atoms with E-state index in [0.717, 1.165) is 6.42 Å². The van der Waals surface area contributed by atoms with Crippen molar-refractivity contribution >= 4 is 0 Å². The second-order valence-electron chi connectivity index (χ2n) is 4.14. The standard InChI is InChI=1S/C8H20N2.2H3N/c1-7(2,5-6-9)8(3,4)10;;/h5-6,9-10H2,1-4H3;2*1H3. The zero-order valence-corrected chi connectivity index (χ0v) is 8.98. The van der Waals surface area contributed by atoms with Gasteiger partial charge in [-0.05, 0) is 32.2 Å². The highest BCUT2D eigenvalue weighted by molar-refractivity contribution is 4.89. The molecular weight excluding hydrogens is 152 g/mol. The van der Waals surface area contributed by atoms with Gasteiger partial charge in [0.1, 0.15) is 0 Å². The van der Waals surface area contributed by atoms with Gasteiger partial charge in [0.05, 0.1) is 0 Å². The maximum Gasteiger partial charge on any atom is 0.0149 e. The van der Waals surface area contributed by atoms with Gasteiger partial charge in [-0.3, -0.25) is 0 Å². The third-order valence-corrected chi connectivity index (χ3v) is 2.51. The molecule has 0 aromatic carbocycles. The Morgan fingerprint density at radius 2 is 1.33 bits per heavy atom. The summed E-state index contributed by atoms with van der Waals surface area (Å²) in [4.78, 5) is 0. The van der Waals surface area contributed by atoms with Gasteiger partial charge in [0.25, 0.3) is 0 Å². The molecule has 0 bridgehead atoms. The van der Waals surface area contributed by atoms with Gasteiger partial charge in [0.15, 0.2) is 0 Å². The van der Waals surface area contributed by atoms with Crippen LogP contribution in [0.1, 0.15) is 34.1 Å². The predicted molar refractivity (Wildman–Crippen MR) is 55.8 cm³/mol. The molecule has 0 atom stereocenters. The third kappa shape index (κ3) is 4.66. The molecule has 0 aromatic rings. The fourth-order valence-electron chi connectivity index (χ4n) is 0.683. The van der Waals surface area contributed by atoms with Crippen molar-refractivity contribution in [2.75, 3.05) is 6.54 Å². The SMILES string of the molecule is CC(C)(N)C(C)(C)CCN.N.N. The van der Waals surface area contributed by atoms with E-state index in [2.05, 4.69) is 13.8 Å². The van der Waals surface area contributed by atoms with E-state index in [1.165, 1.54) is 0 Å². The Bertz CT molecular complexity index is 104. The third-order valence-electron chi connectivity index (χ3n) is 2.51. The average molecular weight is 178 g/mol. The Labute approximate surface area is 76.2 Å². The van der Waals surface area contributed by atoms with Crippen molar-refractivity contribution in [3.05, 3.63) is 0 Å². The molecule has 0 rings (SSSR count). The summed E-state index contributed by atoms with van der Waals surface area (Å²) >= 11 is 0. The number of hydrogen-bond acceptors (Lipinski definition) is 4. The fourth-order valence-corrected chi connectivity index (χ4v) is 0.683. The summed E-state index contributed by atoms with van der Waals surface area (Å²) in [7, 11) is 0. The molecule has 4 nitrogen and oxygen atoms in total. The summed E-state index contributed by atoms with van der Waals surface area (Å²) in [5, 5.41) is 0. The largest absolute Gasteiger partial charge is 0.344 e. The van der Waals surface area contributed by atoms with Gasteiger partial charge in [-0.25, -0.2) is 0 Å². The molecular formula is C8H26N4. The highest BCUT2D eigenvalue weighted by Crippen LogP contribution is 2.30. The van der Waals surface area contributed by atoms with Crippen LogP contribution in [0.25, 0.3) is 0 Å². The molecule has 0 unspecified atom stereocenters. The Kier molecular flexibility index (Phi) is 8.13. The molecule has 10 N–H and O–H groups in total. The Morgan fingerprint density at radius 3 is 1.42 bits per heavy atom. The van der Waals surface area contributed by atoms with Crippen molar-refractivity contribution in [1.29, 1.82) is 0 Å². The lowest BCUT2D eigenvalue weighted by Crippen LogP contribution is -2.48. The molecule has 0 aliphatic rings. The van der Waals surface area contributed by atoms with E-state index in [9.17, 15) is 0 Å². The zero-order valence-electron chi connectivity index (χ0n) is 8.98. The van der Waals surface area contributed by atoms with Gasteiger partial charge >= 0.3 is 0 Å². The van der Waals surface area contributed by atoms with Crippen molar-refractivity contribution in [3.63, 3.8) is 0 Å². The maximum absolute atomic E-state index is 5.94. The van der Waals surface area contributed by atoms with E-state index >= 15 is 0 Å². The molecule has 0 saturated carbocycles. The summed E-state index contributed by atoms with van der Waals surface area (Å²) in [6.45, 7) is 9.11. The van der Waals surface area contributed by atoms with Crippen LogP contribution in [0, 0.1) is 5.41 Å². The first-order valence-electron chi connectivity index (χ1n) is 3.80. The minimum absolute atomic E-state index is 0. The quantitative estimate of drug-likeness (QED) is 0.522. The van der Waals surface area contributed by atoms with Crippen LogP contribution in [0.4, 0.5) is 0 Å². The highest BCUT2D eigenvalue weighted by atomic mass is 14.8. The first-order chi connectivity index (χ1) is 4.31. The van der Waals surface area contributed by atoms with Crippen LogP contribution >= 0.6 is 0 Å². The van der Waals surface area contributed by atoms with Crippen molar-refractivity contribution in [1.82, 2.24) is 12.3 Å². The van der Waals surface area contributed by atoms with Crippen LogP contribution in [0.2, 0.25) is 0 Å². The minimum Gasteiger partial charge on any atom is -0.344 e. The second-order valence-corrected chi connectivity index (χ2v) is 4.14. The van der Waals surface area contributed by atoms with Gasteiger partial charge in [0.2, 0.25) is 0 Å². The van der Waals surface area contributed by atoms with E-state index in [1.807, 2.05) is 13.8 Å². The molecule has 4 heteroatoms. The lowest BCUT2D eigenvalue weighted by Gasteiger charge is -2.38. The monoisotopic (exact) mass is 178 g/mol. The van der Waals surface area contributed by atoms with Crippen LogP contribution in [0.5, 0.6) is 0 Å². The Morgan fingerprint density at radius 1 is 1.00 bits per heavy atom. The van der Waals surface area contributed by atoms with Crippen molar-refractivity contribution in [2.45, 2.75) is 39.7 Å². The lowest BCUT2D eigenvalue weighted by atomic mass is 9.73. The van der Waals surface area contributed by atoms with Crippen LogP contribution in [0.15, 0.2) is 0 Å². The maximum atomic E-state index is 5.94. The summed E-state index contributed by atoms with van der Waals surface area (Å²) in [6, 6.07) is 0. The van der Waals surface area contributed by atoms with Crippen LogP contribution < -0.4 is 23.8 Å². The van der Waals surface area contributed by atoms with Crippen molar-refractivity contribution < 1.29 is 0 Å². The van der Waals surface area contributed by atoms with Crippen molar-refractivity contribution in [3.8, 4) is 0 Å². The van der Waals surface area contributed by atoms with Gasteiger partial charge in [-0.15, -0.1) is 0 Å². The van der Waals surface area contributed by atoms with Gasteiger partial charge in [-0.2, -0.15) is 0 Å². The first kappa shape index (κ1) is 17.8. The number of nitrogens with two attached hydrogens (primary N) is 2. The Hall–Kier alpha value is -0.160. The molecule has 0 aliphatic carbocycles. The van der Waals surface area contributed by atoms with Crippen LogP contribution in [0.3, 0.4) is 0 Å².